The number of methoxy groups -OCH3 is 1. The fourth-order valence-corrected chi connectivity index (χ4v) is 0.873. The summed E-state index contributed by atoms with van der Waals surface area (Å²) in [5.74, 6) is 0.344. The van der Waals surface area contributed by atoms with Gasteiger partial charge in [-0.05, 0) is 0 Å². The second-order valence-corrected chi connectivity index (χ2v) is 2.51. The van der Waals surface area contributed by atoms with Gasteiger partial charge in [0.25, 0.3) is 0 Å². The van der Waals surface area contributed by atoms with Crippen molar-refractivity contribution in [2.45, 2.75) is 13.5 Å². The molecular formula is C8H11N3O2. The molecule has 5 heteroatoms. The summed E-state index contributed by atoms with van der Waals surface area (Å²) in [6.07, 6.45) is 1.39. The number of hydrogen-bond donors (Lipinski definition) is 1. The minimum atomic E-state index is -0.151. The van der Waals surface area contributed by atoms with Gasteiger partial charge < -0.3 is 10.1 Å². The van der Waals surface area contributed by atoms with Gasteiger partial charge >= 0.3 is 0 Å². The molecule has 13 heavy (non-hydrogen) atoms. The number of ether oxygens (including phenoxy) is 1. The number of rotatable bonds is 3. The van der Waals surface area contributed by atoms with Gasteiger partial charge in [-0.3, -0.25) is 4.79 Å². The molecule has 0 aliphatic carbocycles. The lowest BCUT2D eigenvalue weighted by Crippen LogP contribution is -2.08. The lowest BCUT2D eigenvalue weighted by molar-refractivity contribution is -0.114. The second-order valence-electron chi connectivity index (χ2n) is 2.51. The number of nitrogens with one attached hydrogen (secondary N) is 1. The van der Waals surface area contributed by atoms with E-state index in [1.165, 1.54) is 13.3 Å². The van der Waals surface area contributed by atoms with E-state index in [9.17, 15) is 4.79 Å². The average molecular weight is 181 g/mol. The first kappa shape index (κ1) is 9.60. The van der Waals surface area contributed by atoms with Gasteiger partial charge in [-0.1, -0.05) is 0 Å². The Morgan fingerprint density at radius 1 is 1.62 bits per heavy atom. The molecule has 0 atom stereocenters. The molecule has 0 aromatic carbocycles. The first-order chi connectivity index (χ1) is 6.22. The van der Waals surface area contributed by atoms with E-state index in [0.29, 0.717) is 12.4 Å². The van der Waals surface area contributed by atoms with E-state index in [4.69, 9.17) is 4.74 Å². The van der Waals surface area contributed by atoms with E-state index in [1.807, 2.05) is 0 Å². The first-order valence-corrected chi connectivity index (χ1v) is 3.80. The van der Waals surface area contributed by atoms with Gasteiger partial charge in [0.15, 0.2) is 0 Å². The van der Waals surface area contributed by atoms with Crippen LogP contribution in [0.25, 0.3) is 0 Å². The van der Waals surface area contributed by atoms with Crippen LogP contribution in [0.2, 0.25) is 0 Å². The Morgan fingerprint density at radius 2 is 2.38 bits per heavy atom. The summed E-state index contributed by atoms with van der Waals surface area (Å²) in [4.78, 5) is 18.5. The Labute approximate surface area is 76.2 Å². The highest BCUT2D eigenvalue weighted by molar-refractivity contribution is 5.87. The van der Waals surface area contributed by atoms with Crippen LogP contribution in [0.15, 0.2) is 12.4 Å². The fourth-order valence-electron chi connectivity index (χ4n) is 0.873. The van der Waals surface area contributed by atoms with Gasteiger partial charge in [-0.15, -0.1) is 0 Å². The van der Waals surface area contributed by atoms with Crippen LogP contribution in [0.1, 0.15) is 12.6 Å². The minimum absolute atomic E-state index is 0.151. The molecule has 0 saturated carbocycles. The van der Waals surface area contributed by atoms with E-state index >= 15 is 0 Å². The zero-order valence-corrected chi connectivity index (χ0v) is 7.57. The summed E-state index contributed by atoms with van der Waals surface area (Å²) in [6.45, 7) is 1.84. The lowest BCUT2D eigenvalue weighted by Gasteiger charge is -2.02. The third-order valence-electron chi connectivity index (χ3n) is 1.32. The van der Waals surface area contributed by atoms with Crippen LogP contribution < -0.4 is 5.32 Å². The van der Waals surface area contributed by atoms with E-state index in [1.54, 1.807) is 13.2 Å². The van der Waals surface area contributed by atoms with E-state index < -0.39 is 0 Å². The molecule has 0 fully saturated rings. The van der Waals surface area contributed by atoms with Crippen LogP contribution in [-0.2, 0) is 16.1 Å². The van der Waals surface area contributed by atoms with Crippen LogP contribution in [0.3, 0.4) is 0 Å². The molecule has 0 aliphatic heterocycles. The van der Waals surface area contributed by atoms with Crippen LogP contribution in [-0.4, -0.2) is 23.0 Å². The molecular weight excluding hydrogens is 170 g/mol. The number of carbonyl (C=O) groups excluding carboxylic acids is 1. The smallest absolute Gasteiger partial charge is 0.222 e. The topological polar surface area (TPSA) is 64.1 Å². The fraction of sp³-hybridized carbons (Fsp3) is 0.375. The van der Waals surface area contributed by atoms with Crippen molar-refractivity contribution in [2.75, 3.05) is 12.4 Å². The summed E-state index contributed by atoms with van der Waals surface area (Å²) in [5, 5.41) is 2.56. The SMILES string of the molecule is COCc1cc(NC(C)=O)ncn1. The van der Waals surface area contributed by atoms with Gasteiger partial charge in [0.05, 0.1) is 12.3 Å². The van der Waals surface area contributed by atoms with Crippen molar-refractivity contribution in [3.63, 3.8) is 0 Å². The predicted octanol–water partition coefficient (Wildman–Crippen LogP) is 0.581. The molecule has 1 aromatic heterocycles. The standard InChI is InChI=1S/C8H11N3O2/c1-6(12)11-8-3-7(4-13-2)9-5-10-8/h3,5H,4H2,1-2H3,(H,9,10,11,12). The molecule has 1 N–H and O–H groups in total. The van der Waals surface area contributed by atoms with Gasteiger partial charge in [-0.25, -0.2) is 9.97 Å². The van der Waals surface area contributed by atoms with E-state index in [2.05, 4.69) is 15.3 Å². The van der Waals surface area contributed by atoms with Crippen molar-refractivity contribution < 1.29 is 9.53 Å². The van der Waals surface area contributed by atoms with Gasteiger partial charge in [0, 0.05) is 20.1 Å². The molecule has 1 rings (SSSR count). The molecule has 0 saturated heterocycles. The minimum Gasteiger partial charge on any atom is -0.378 e. The van der Waals surface area contributed by atoms with Crippen molar-refractivity contribution in [1.29, 1.82) is 0 Å². The predicted molar refractivity (Wildman–Crippen MR) is 47.0 cm³/mol. The number of aromatic nitrogens is 2. The average Bonchev–Trinajstić information content (AvgIpc) is 2.04. The monoisotopic (exact) mass is 181 g/mol. The summed E-state index contributed by atoms with van der Waals surface area (Å²) in [6, 6.07) is 1.67. The Kier molecular flexibility index (Phi) is 3.33. The Morgan fingerprint density at radius 3 is 3.00 bits per heavy atom. The van der Waals surface area contributed by atoms with Crippen LogP contribution >= 0.6 is 0 Å². The zero-order valence-electron chi connectivity index (χ0n) is 7.57. The zero-order chi connectivity index (χ0) is 9.68. The van der Waals surface area contributed by atoms with Crippen LogP contribution in [0, 0.1) is 0 Å². The second kappa shape index (κ2) is 4.51. The number of carbonyl (C=O) groups is 1. The number of amides is 1. The van der Waals surface area contributed by atoms with Crippen LogP contribution in [0.4, 0.5) is 5.82 Å². The van der Waals surface area contributed by atoms with E-state index in [-0.39, 0.29) is 5.91 Å². The molecule has 1 aromatic rings. The summed E-state index contributed by atoms with van der Waals surface area (Å²) >= 11 is 0. The first-order valence-electron chi connectivity index (χ1n) is 3.80. The third-order valence-corrected chi connectivity index (χ3v) is 1.32. The molecule has 5 nitrogen and oxygen atoms in total. The van der Waals surface area contributed by atoms with Gasteiger partial charge in [0.1, 0.15) is 12.1 Å². The molecule has 1 amide bonds. The van der Waals surface area contributed by atoms with Gasteiger partial charge in [-0.2, -0.15) is 0 Å². The van der Waals surface area contributed by atoms with Gasteiger partial charge in [0.2, 0.25) is 5.91 Å². The van der Waals surface area contributed by atoms with Crippen molar-refractivity contribution in [3.8, 4) is 0 Å². The molecule has 0 bridgehead atoms. The molecule has 0 aliphatic rings. The normalized spacial score (nSPS) is 9.69. The lowest BCUT2D eigenvalue weighted by atomic mass is 10.4. The summed E-state index contributed by atoms with van der Waals surface area (Å²) in [7, 11) is 1.58. The maximum absolute atomic E-state index is 10.7. The van der Waals surface area contributed by atoms with Crippen molar-refractivity contribution >= 4 is 11.7 Å². The maximum Gasteiger partial charge on any atom is 0.222 e. The highest BCUT2D eigenvalue weighted by Gasteiger charge is 1.99. The number of nitrogens with zero attached hydrogens (tertiary/aromatic N) is 2. The highest BCUT2D eigenvalue weighted by Crippen LogP contribution is 2.04. The highest BCUT2D eigenvalue weighted by atomic mass is 16.5. The summed E-state index contributed by atoms with van der Waals surface area (Å²) in [5.41, 5.74) is 0.737. The molecule has 0 radical (unpaired) electrons. The molecule has 70 valence electrons. The number of anilines is 1. The Bertz CT molecular complexity index is 301. The third kappa shape index (κ3) is 3.16. The maximum atomic E-state index is 10.7. The van der Waals surface area contributed by atoms with Crippen molar-refractivity contribution in [1.82, 2.24) is 9.97 Å². The number of hydrogen-bond acceptors (Lipinski definition) is 4. The summed E-state index contributed by atoms with van der Waals surface area (Å²) < 4.78 is 4.88. The van der Waals surface area contributed by atoms with Crippen molar-refractivity contribution in [3.05, 3.63) is 18.1 Å². The van der Waals surface area contributed by atoms with Crippen molar-refractivity contribution in [2.24, 2.45) is 0 Å². The largest absolute Gasteiger partial charge is 0.378 e. The molecule has 1 heterocycles. The quantitative estimate of drug-likeness (QED) is 0.740. The molecule has 0 unspecified atom stereocenters. The Balaban J connectivity index is 2.73. The van der Waals surface area contributed by atoms with Crippen LogP contribution in [0.5, 0.6) is 0 Å². The Hall–Kier alpha value is -1.49. The molecule has 0 spiro atoms. The van der Waals surface area contributed by atoms with E-state index in [0.717, 1.165) is 5.69 Å².